The molecule has 1 saturated heterocycles. The number of aryl methyl sites for hydroxylation is 1. The summed E-state index contributed by atoms with van der Waals surface area (Å²) in [6.45, 7) is 1.78. The number of hydrogen-bond donors (Lipinski definition) is 1. The second-order valence-corrected chi connectivity index (χ2v) is 4.06. The van der Waals surface area contributed by atoms with Crippen LogP contribution in [0.3, 0.4) is 0 Å². The molecule has 1 fully saturated rings. The summed E-state index contributed by atoms with van der Waals surface area (Å²) in [6, 6.07) is 0.323. The molecule has 0 spiro atoms. The molecule has 0 bridgehead atoms. The Labute approximate surface area is 114 Å². The zero-order valence-electron chi connectivity index (χ0n) is 9.96. The number of aromatic nitrogens is 2. The molecule has 1 unspecified atom stereocenters. The molecule has 100 valence electrons. The quantitative estimate of drug-likeness (QED) is 0.908. The second kappa shape index (κ2) is 7.87. The van der Waals surface area contributed by atoms with E-state index in [9.17, 15) is 0 Å². The minimum absolute atomic E-state index is 0. The lowest BCUT2D eigenvalue weighted by molar-refractivity contribution is 0.263. The first-order valence-corrected chi connectivity index (χ1v) is 5.54. The van der Waals surface area contributed by atoms with Crippen molar-refractivity contribution in [3.8, 4) is 0 Å². The molecule has 1 aromatic heterocycles. The molecule has 17 heavy (non-hydrogen) atoms. The van der Waals surface area contributed by atoms with Crippen LogP contribution in [0.4, 0.5) is 0 Å². The average Bonchev–Trinajstić information content (AvgIpc) is 2.83. The Morgan fingerprint density at radius 2 is 2.18 bits per heavy atom. The van der Waals surface area contributed by atoms with Crippen LogP contribution in [0.15, 0.2) is 4.42 Å². The van der Waals surface area contributed by atoms with Gasteiger partial charge in [-0.3, -0.25) is 4.90 Å². The number of likely N-dealkylation sites (tertiary alicyclic amines) is 1. The summed E-state index contributed by atoms with van der Waals surface area (Å²) in [4.78, 5) is 2.26. The van der Waals surface area contributed by atoms with Gasteiger partial charge >= 0.3 is 0 Å². The summed E-state index contributed by atoms with van der Waals surface area (Å²) in [7, 11) is 2.10. The molecule has 1 aromatic rings. The van der Waals surface area contributed by atoms with Crippen LogP contribution in [-0.4, -0.2) is 35.2 Å². The van der Waals surface area contributed by atoms with Crippen molar-refractivity contribution in [3.05, 3.63) is 11.8 Å². The third-order valence-electron chi connectivity index (χ3n) is 2.88. The van der Waals surface area contributed by atoms with Gasteiger partial charge < -0.3 is 10.2 Å². The van der Waals surface area contributed by atoms with Crippen molar-refractivity contribution in [2.45, 2.75) is 31.7 Å². The predicted octanol–water partition coefficient (Wildman–Crippen LogP) is 1.57. The largest absolute Gasteiger partial charge is 0.424 e. The van der Waals surface area contributed by atoms with Gasteiger partial charge in [-0.05, 0) is 39.4 Å². The number of hydrogen-bond acceptors (Lipinski definition) is 5. The number of rotatable bonds is 4. The van der Waals surface area contributed by atoms with Gasteiger partial charge in [0.25, 0.3) is 0 Å². The first-order valence-electron chi connectivity index (χ1n) is 5.54. The molecule has 5 nitrogen and oxygen atoms in total. The number of halogens is 2. The highest BCUT2D eigenvalue weighted by Gasteiger charge is 2.27. The van der Waals surface area contributed by atoms with Gasteiger partial charge in [0.05, 0.1) is 6.04 Å². The van der Waals surface area contributed by atoms with Crippen LogP contribution in [0.5, 0.6) is 0 Å². The van der Waals surface area contributed by atoms with Gasteiger partial charge in [-0.25, -0.2) is 0 Å². The Morgan fingerprint density at radius 1 is 1.41 bits per heavy atom. The van der Waals surface area contributed by atoms with Crippen LogP contribution in [0.1, 0.15) is 37.1 Å². The summed E-state index contributed by atoms with van der Waals surface area (Å²) in [6.07, 6.45) is 4.03. The van der Waals surface area contributed by atoms with Crippen LogP contribution >= 0.6 is 24.8 Å². The van der Waals surface area contributed by atoms with Crippen molar-refractivity contribution in [1.29, 1.82) is 0 Å². The van der Waals surface area contributed by atoms with Crippen LogP contribution in [-0.2, 0) is 6.42 Å². The molecule has 0 radical (unpaired) electrons. The smallest absolute Gasteiger partial charge is 0.233 e. The Morgan fingerprint density at radius 3 is 2.76 bits per heavy atom. The summed E-state index contributed by atoms with van der Waals surface area (Å²) < 4.78 is 5.62. The van der Waals surface area contributed by atoms with Crippen molar-refractivity contribution >= 4 is 24.8 Å². The zero-order chi connectivity index (χ0) is 10.7. The van der Waals surface area contributed by atoms with E-state index in [1.54, 1.807) is 0 Å². The molecule has 7 heteroatoms. The van der Waals surface area contributed by atoms with Gasteiger partial charge in [-0.2, -0.15) is 0 Å². The molecule has 2 rings (SSSR count). The average molecular weight is 283 g/mol. The van der Waals surface area contributed by atoms with Gasteiger partial charge in [0.2, 0.25) is 11.8 Å². The van der Waals surface area contributed by atoms with E-state index in [0.717, 1.165) is 37.6 Å². The van der Waals surface area contributed by atoms with Crippen LogP contribution in [0, 0.1) is 0 Å². The van der Waals surface area contributed by atoms with Gasteiger partial charge in [0.1, 0.15) is 0 Å². The van der Waals surface area contributed by atoms with E-state index in [1.165, 1.54) is 6.42 Å². The van der Waals surface area contributed by atoms with E-state index in [4.69, 9.17) is 10.2 Å². The van der Waals surface area contributed by atoms with E-state index in [2.05, 4.69) is 22.1 Å². The van der Waals surface area contributed by atoms with Crippen molar-refractivity contribution in [2.75, 3.05) is 20.1 Å². The highest BCUT2D eigenvalue weighted by molar-refractivity contribution is 5.85. The highest BCUT2D eigenvalue weighted by atomic mass is 35.5. The maximum atomic E-state index is 5.62. The normalized spacial score (nSPS) is 19.8. The Hall–Kier alpha value is -0.360. The minimum Gasteiger partial charge on any atom is -0.424 e. The topological polar surface area (TPSA) is 68.2 Å². The lowest BCUT2D eigenvalue weighted by Crippen LogP contribution is -2.17. The maximum absolute atomic E-state index is 5.62. The standard InChI is InChI=1S/C10H18N4O.2ClH/c1-14-7-3-4-8(14)10-13-12-9(15-10)5-2-6-11;;/h8H,2-7,11H2,1H3;2*1H. The van der Waals surface area contributed by atoms with Crippen molar-refractivity contribution in [3.63, 3.8) is 0 Å². The molecule has 1 aliphatic heterocycles. The van der Waals surface area contributed by atoms with Crippen LogP contribution in [0.25, 0.3) is 0 Å². The molecular formula is C10H20Cl2N4O. The molecule has 1 aliphatic rings. The molecule has 0 aliphatic carbocycles. The maximum Gasteiger partial charge on any atom is 0.233 e. The van der Waals surface area contributed by atoms with Gasteiger partial charge in [-0.15, -0.1) is 35.0 Å². The summed E-state index contributed by atoms with van der Waals surface area (Å²) in [5, 5.41) is 8.14. The van der Waals surface area contributed by atoms with Crippen molar-refractivity contribution in [2.24, 2.45) is 5.73 Å². The Bertz CT molecular complexity index is 321. The van der Waals surface area contributed by atoms with E-state index in [-0.39, 0.29) is 24.8 Å². The molecule has 0 amide bonds. The monoisotopic (exact) mass is 282 g/mol. The van der Waals surface area contributed by atoms with Gasteiger partial charge in [-0.1, -0.05) is 0 Å². The molecule has 2 heterocycles. The first kappa shape index (κ1) is 16.6. The SMILES string of the molecule is CN1CCCC1c1nnc(CCCN)o1.Cl.Cl. The van der Waals surface area contributed by atoms with Crippen LogP contribution in [0.2, 0.25) is 0 Å². The Balaban J connectivity index is 0.00000128. The van der Waals surface area contributed by atoms with E-state index >= 15 is 0 Å². The fourth-order valence-corrected chi connectivity index (χ4v) is 1.98. The lowest BCUT2D eigenvalue weighted by atomic mass is 10.2. The fourth-order valence-electron chi connectivity index (χ4n) is 1.98. The molecular weight excluding hydrogens is 263 g/mol. The van der Waals surface area contributed by atoms with E-state index < -0.39 is 0 Å². The lowest BCUT2D eigenvalue weighted by Gasteiger charge is -2.14. The van der Waals surface area contributed by atoms with Crippen molar-refractivity contribution in [1.82, 2.24) is 15.1 Å². The van der Waals surface area contributed by atoms with Crippen molar-refractivity contribution < 1.29 is 4.42 Å². The third kappa shape index (κ3) is 4.10. The second-order valence-electron chi connectivity index (χ2n) is 4.06. The third-order valence-corrected chi connectivity index (χ3v) is 2.88. The van der Waals surface area contributed by atoms with E-state index in [1.807, 2.05) is 0 Å². The van der Waals surface area contributed by atoms with Gasteiger partial charge in [0.15, 0.2) is 0 Å². The number of nitrogens with two attached hydrogens (primary N) is 1. The predicted molar refractivity (Wildman–Crippen MR) is 70.8 cm³/mol. The molecule has 2 N–H and O–H groups in total. The zero-order valence-corrected chi connectivity index (χ0v) is 11.6. The van der Waals surface area contributed by atoms with Crippen LogP contribution < -0.4 is 5.73 Å². The number of nitrogens with zero attached hydrogens (tertiary/aromatic N) is 3. The summed E-state index contributed by atoms with van der Waals surface area (Å²) >= 11 is 0. The van der Waals surface area contributed by atoms with E-state index in [0.29, 0.717) is 12.6 Å². The molecule has 0 saturated carbocycles. The minimum atomic E-state index is 0. The molecule has 0 aromatic carbocycles. The summed E-state index contributed by atoms with van der Waals surface area (Å²) in [5.41, 5.74) is 5.43. The first-order chi connectivity index (χ1) is 7.31. The summed E-state index contributed by atoms with van der Waals surface area (Å²) in [5.74, 6) is 1.48. The highest BCUT2D eigenvalue weighted by Crippen LogP contribution is 2.29. The molecule has 1 atom stereocenters. The van der Waals surface area contributed by atoms with Gasteiger partial charge in [0, 0.05) is 6.42 Å². The Kier molecular flexibility index (Phi) is 7.70. The fraction of sp³-hybridized carbons (Fsp3) is 0.800.